The van der Waals surface area contributed by atoms with Crippen molar-refractivity contribution in [2.24, 2.45) is 0 Å². The van der Waals surface area contributed by atoms with Gasteiger partial charge in [0.15, 0.2) is 9.39 Å². The second kappa shape index (κ2) is 2.98. The molecule has 1 aliphatic carbocycles. The lowest BCUT2D eigenvalue weighted by Gasteiger charge is -2.33. The molecule has 1 unspecified atom stereocenters. The first kappa shape index (κ1) is 9.40. The highest BCUT2D eigenvalue weighted by Crippen LogP contribution is 2.43. The molecule has 0 N–H and O–H groups in total. The Bertz CT molecular complexity index is 210. The molecule has 11 heavy (non-hydrogen) atoms. The van der Waals surface area contributed by atoms with Gasteiger partial charge in [0.25, 0.3) is 0 Å². The van der Waals surface area contributed by atoms with Crippen LogP contribution in [0.3, 0.4) is 0 Å². The van der Waals surface area contributed by atoms with Crippen LogP contribution in [0.15, 0.2) is 24.3 Å². The second-order valence-corrected chi connectivity index (χ2v) is 4.14. The zero-order valence-corrected chi connectivity index (χ0v) is 8.12. The Hall–Kier alpha value is 0.310. The van der Waals surface area contributed by atoms with Crippen LogP contribution in [0.25, 0.3) is 0 Å². The zero-order valence-electron chi connectivity index (χ0n) is 5.85. The SMILES string of the molecule is COC1(Cl)C=CC=CC1(Cl)Cl. The maximum absolute atomic E-state index is 5.93. The smallest absolute Gasteiger partial charge is 0.196 e. The summed E-state index contributed by atoms with van der Waals surface area (Å²) in [6.45, 7) is 0. The molecule has 0 aromatic rings. The highest BCUT2D eigenvalue weighted by Gasteiger charge is 2.46. The van der Waals surface area contributed by atoms with Gasteiger partial charge in [-0.25, -0.2) is 0 Å². The first-order chi connectivity index (χ1) is 5.02. The van der Waals surface area contributed by atoms with Gasteiger partial charge < -0.3 is 4.74 Å². The van der Waals surface area contributed by atoms with Crippen LogP contribution in [0, 0.1) is 0 Å². The van der Waals surface area contributed by atoms with Gasteiger partial charge in [0.2, 0.25) is 0 Å². The lowest BCUT2D eigenvalue weighted by Crippen LogP contribution is -2.41. The fourth-order valence-corrected chi connectivity index (χ4v) is 1.35. The zero-order chi connectivity index (χ0) is 8.54. The minimum absolute atomic E-state index is 1.15. The lowest BCUT2D eigenvalue weighted by molar-refractivity contribution is 0.0996. The molecule has 1 atom stereocenters. The van der Waals surface area contributed by atoms with E-state index in [9.17, 15) is 0 Å². The van der Waals surface area contributed by atoms with Gasteiger partial charge in [0.1, 0.15) is 0 Å². The summed E-state index contributed by atoms with van der Waals surface area (Å²) in [7, 11) is 1.45. The summed E-state index contributed by atoms with van der Waals surface area (Å²) in [4.78, 5) is 0. The number of alkyl halides is 3. The Labute approximate surface area is 80.6 Å². The van der Waals surface area contributed by atoms with Crippen molar-refractivity contribution in [1.29, 1.82) is 0 Å². The van der Waals surface area contributed by atoms with E-state index in [0.717, 1.165) is 0 Å². The van der Waals surface area contributed by atoms with E-state index in [0.29, 0.717) is 0 Å². The van der Waals surface area contributed by atoms with E-state index in [1.54, 1.807) is 24.3 Å². The number of methoxy groups -OCH3 is 1. The largest absolute Gasteiger partial charge is 0.356 e. The molecule has 0 saturated heterocycles. The Morgan fingerprint density at radius 2 is 1.64 bits per heavy atom. The Morgan fingerprint density at radius 1 is 1.09 bits per heavy atom. The Morgan fingerprint density at radius 3 is 2.00 bits per heavy atom. The molecular weight excluding hydrogens is 206 g/mol. The first-order valence-electron chi connectivity index (χ1n) is 3.01. The van der Waals surface area contributed by atoms with Crippen molar-refractivity contribution in [3.05, 3.63) is 24.3 Å². The van der Waals surface area contributed by atoms with Crippen LogP contribution in [0.5, 0.6) is 0 Å². The third kappa shape index (κ3) is 1.57. The molecule has 0 saturated carbocycles. The van der Waals surface area contributed by atoms with Crippen LogP contribution in [0.1, 0.15) is 0 Å². The van der Waals surface area contributed by atoms with Crippen LogP contribution in [0.2, 0.25) is 0 Å². The maximum Gasteiger partial charge on any atom is 0.196 e. The summed E-state index contributed by atoms with van der Waals surface area (Å²) >= 11 is 17.6. The van der Waals surface area contributed by atoms with E-state index in [1.165, 1.54) is 7.11 Å². The van der Waals surface area contributed by atoms with E-state index >= 15 is 0 Å². The maximum atomic E-state index is 5.93. The highest BCUT2D eigenvalue weighted by molar-refractivity contribution is 6.55. The van der Waals surface area contributed by atoms with E-state index in [4.69, 9.17) is 39.5 Å². The van der Waals surface area contributed by atoms with Gasteiger partial charge in [-0.3, -0.25) is 0 Å². The number of rotatable bonds is 1. The van der Waals surface area contributed by atoms with Gasteiger partial charge in [-0.15, -0.1) is 0 Å². The molecule has 0 radical (unpaired) electrons. The molecule has 0 fully saturated rings. The van der Waals surface area contributed by atoms with Gasteiger partial charge in [-0.2, -0.15) is 0 Å². The van der Waals surface area contributed by atoms with Crippen molar-refractivity contribution in [3.63, 3.8) is 0 Å². The molecule has 0 amide bonds. The molecule has 1 nitrogen and oxygen atoms in total. The molecule has 0 aromatic heterocycles. The minimum atomic E-state index is -1.20. The molecule has 0 spiro atoms. The van der Waals surface area contributed by atoms with Crippen LogP contribution >= 0.6 is 34.8 Å². The topological polar surface area (TPSA) is 9.23 Å². The molecule has 1 aliphatic rings. The number of hydrogen-bond donors (Lipinski definition) is 0. The van der Waals surface area contributed by atoms with Gasteiger partial charge in [-0.05, 0) is 12.2 Å². The summed E-state index contributed by atoms with van der Waals surface area (Å²) in [5, 5.41) is -1.15. The molecule has 0 bridgehead atoms. The summed E-state index contributed by atoms with van der Waals surface area (Å²) in [5.41, 5.74) is 0. The van der Waals surface area contributed by atoms with E-state index in [2.05, 4.69) is 0 Å². The summed E-state index contributed by atoms with van der Waals surface area (Å²) in [5.74, 6) is 0. The molecule has 62 valence electrons. The standard InChI is InChI=1S/C7H7Cl3O/c1-11-7(10)5-3-2-4-6(7,8)9/h2-5H,1H3. The summed E-state index contributed by atoms with van der Waals surface area (Å²) < 4.78 is 3.76. The molecule has 4 heteroatoms. The average molecular weight is 213 g/mol. The number of hydrogen-bond acceptors (Lipinski definition) is 1. The number of allylic oxidation sites excluding steroid dienone is 2. The molecule has 1 rings (SSSR count). The van der Waals surface area contributed by atoms with Gasteiger partial charge in [-0.1, -0.05) is 47.0 Å². The lowest BCUT2D eigenvalue weighted by atomic mass is 10.1. The number of ether oxygens (including phenoxy) is 1. The fourth-order valence-electron chi connectivity index (χ4n) is 0.785. The monoisotopic (exact) mass is 212 g/mol. The molecular formula is C7H7Cl3O. The summed E-state index contributed by atoms with van der Waals surface area (Å²) in [6, 6.07) is 0. The quantitative estimate of drug-likeness (QED) is 0.609. The van der Waals surface area contributed by atoms with Crippen molar-refractivity contribution < 1.29 is 4.74 Å². The van der Waals surface area contributed by atoms with Crippen LogP contribution < -0.4 is 0 Å². The van der Waals surface area contributed by atoms with E-state index in [-0.39, 0.29) is 0 Å². The summed E-state index contributed by atoms with van der Waals surface area (Å²) in [6.07, 6.45) is 6.64. The van der Waals surface area contributed by atoms with Crippen LogP contribution in [-0.4, -0.2) is 16.5 Å². The third-order valence-electron chi connectivity index (χ3n) is 1.48. The Kier molecular flexibility index (Phi) is 2.55. The van der Waals surface area contributed by atoms with Crippen molar-refractivity contribution in [3.8, 4) is 0 Å². The molecule has 0 aromatic carbocycles. The van der Waals surface area contributed by atoms with Crippen molar-refractivity contribution in [1.82, 2.24) is 0 Å². The van der Waals surface area contributed by atoms with E-state index in [1.807, 2.05) is 0 Å². The molecule has 0 heterocycles. The van der Waals surface area contributed by atoms with Crippen molar-refractivity contribution in [2.75, 3.05) is 7.11 Å². The van der Waals surface area contributed by atoms with Crippen LogP contribution in [-0.2, 0) is 4.74 Å². The average Bonchev–Trinajstić information content (AvgIpc) is 1.95. The van der Waals surface area contributed by atoms with Gasteiger partial charge in [0.05, 0.1) is 0 Å². The van der Waals surface area contributed by atoms with Gasteiger partial charge >= 0.3 is 0 Å². The predicted octanol–water partition coefficient (Wildman–Crippen LogP) is 2.87. The number of halogens is 3. The first-order valence-corrected chi connectivity index (χ1v) is 4.14. The van der Waals surface area contributed by atoms with E-state index < -0.39 is 9.39 Å². The minimum Gasteiger partial charge on any atom is -0.356 e. The fraction of sp³-hybridized carbons (Fsp3) is 0.429. The normalized spacial score (nSPS) is 34.2. The van der Waals surface area contributed by atoms with Crippen molar-refractivity contribution >= 4 is 34.8 Å². The van der Waals surface area contributed by atoms with Gasteiger partial charge in [0, 0.05) is 7.11 Å². The van der Waals surface area contributed by atoms with Crippen LogP contribution in [0.4, 0.5) is 0 Å². The molecule has 0 aliphatic heterocycles. The second-order valence-electron chi connectivity index (χ2n) is 2.19. The highest BCUT2D eigenvalue weighted by atomic mass is 35.5. The Balaban J connectivity index is 2.97. The third-order valence-corrected chi connectivity index (χ3v) is 3.06. The predicted molar refractivity (Wildman–Crippen MR) is 48.3 cm³/mol. The van der Waals surface area contributed by atoms with Crippen molar-refractivity contribution in [2.45, 2.75) is 9.39 Å².